The minimum Gasteiger partial charge on any atom is -0.324 e. The Hall–Kier alpha value is -1.31. The van der Waals surface area contributed by atoms with Gasteiger partial charge in [-0.25, -0.2) is 8.42 Å². The summed E-state index contributed by atoms with van der Waals surface area (Å²) in [4.78, 5) is 14.5. The van der Waals surface area contributed by atoms with Crippen LogP contribution in [0.2, 0.25) is 15.1 Å². The Morgan fingerprint density at radius 1 is 1.07 bits per heavy atom. The first-order valence-corrected chi connectivity index (χ1v) is 11.6. The van der Waals surface area contributed by atoms with E-state index in [0.717, 1.165) is 5.56 Å². The monoisotopic (exact) mass is 460 g/mol. The number of benzene rings is 2. The van der Waals surface area contributed by atoms with Crippen LogP contribution in [0.1, 0.15) is 12.0 Å². The summed E-state index contributed by atoms with van der Waals surface area (Å²) >= 11 is 18.0. The Morgan fingerprint density at radius 2 is 1.75 bits per heavy atom. The predicted molar refractivity (Wildman–Crippen MR) is 114 cm³/mol. The van der Waals surface area contributed by atoms with Gasteiger partial charge in [0.2, 0.25) is 5.91 Å². The largest absolute Gasteiger partial charge is 0.324 e. The fourth-order valence-corrected chi connectivity index (χ4v) is 5.54. The van der Waals surface area contributed by atoms with Gasteiger partial charge in [-0.15, -0.1) is 0 Å². The third kappa shape index (κ3) is 5.61. The summed E-state index contributed by atoms with van der Waals surface area (Å²) in [7, 11) is -3.07. The van der Waals surface area contributed by atoms with Gasteiger partial charge in [-0.2, -0.15) is 0 Å². The molecule has 5 nitrogen and oxygen atoms in total. The lowest BCUT2D eigenvalue weighted by Gasteiger charge is -2.27. The number of carbonyl (C=O) groups is 1. The summed E-state index contributed by atoms with van der Waals surface area (Å²) in [5.41, 5.74) is 1.37. The molecule has 0 aromatic heterocycles. The maximum Gasteiger partial charge on any atom is 0.238 e. The van der Waals surface area contributed by atoms with Gasteiger partial charge in [0.25, 0.3) is 0 Å². The molecular weight excluding hydrogens is 443 g/mol. The highest BCUT2D eigenvalue weighted by Gasteiger charge is 2.33. The van der Waals surface area contributed by atoms with Gasteiger partial charge in [0.15, 0.2) is 9.84 Å². The second-order valence-corrected chi connectivity index (χ2v) is 10.2. The van der Waals surface area contributed by atoms with Crippen molar-refractivity contribution in [2.24, 2.45) is 0 Å². The smallest absolute Gasteiger partial charge is 0.238 e. The van der Waals surface area contributed by atoms with E-state index in [-0.39, 0.29) is 40.0 Å². The number of halogens is 3. The molecule has 2 aromatic rings. The van der Waals surface area contributed by atoms with Crippen LogP contribution in [0.5, 0.6) is 0 Å². The molecule has 2 aromatic carbocycles. The second-order valence-electron chi connectivity index (χ2n) is 6.74. The molecule has 1 unspecified atom stereocenters. The number of amides is 1. The van der Waals surface area contributed by atoms with Crippen molar-refractivity contribution in [2.75, 3.05) is 23.4 Å². The van der Waals surface area contributed by atoms with Gasteiger partial charge in [0.1, 0.15) is 0 Å². The van der Waals surface area contributed by atoms with Crippen LogP contribution in [0.4, 0.5) is 5.69 Å². The van der Waals surface area contributed by atoms with Crippen molar-refractivity contribution in [1.82, 2.24) is 4.90 Å². The average molecular weight is 462 g/mol. The zero-order valence-corrected chi connectivity index (χ0v) is 18.0. The maximum atomic E-state index is 12.6. The Morgan fingerprint density at radius 3 is 2.39 bits per heavy atom. The molecule has 0 spiro atoms. The minimum atomic E-state index is -3.07. The van der Waals surface area contributed by atoms with E-state index in [1.807, 2.05) is 35.2 Å². The number of sulfone groups is 1. The predicted octanol–water partition coefficient (Wildman–Crippen LogP) is 4.27. The lowest BCUT2D eigenvalue weighted by Crippen LogP contribution is -2.41. The van der Waals surface area contributed by atoms with Gasteiger partial charge in [0.05, 0.1) is 38.8 Å². The van der Waals surface area contributed by atoms with Gasteiger partial charge in [-0.1, -0.05) is 65.1 Å². The molecule has 1 aliphatic heterocycles. The third-order valence-electron chi connectivity index (χ3n) is 4.58. The Kier molecular flexibility index (Phi) is 6.89. The number of anilines is 1. The summed E-state index contributed by atoms with van der Waals surface area (Å²) in [5, 5.41) is 3.59. The van der Waals surface area contributed by atoms with Crippen molar-refractivity contribution in [3.8, 4) is 0 Å². The van der Waals surface area contributed by atoms with E-state index in [0.29, 0.717) is 23.7 Å². The summed E-state index contributed by atoms with van der Waals surface area (Å²) in [6, 6.07) is 12.4. The van der Waals surface area contributed by atoms with Gasteiger partial charge in [-0.3, -0.25) is 9.69 Å². The van der Waals surface area contributed by atoms with E-state index in [4.69, 9.17) is 34.8 Å². The molecule has 9 heteroatoms. The van der Waals surface area contributed by atoms with Crippen molar-refractivity contribution in [1.29, 1.82) is 0 Å². The highest BCUT2D eigenvalue weighted by atomic mass is 35.5. The number of hydrogen-bond donors (Lipinski definition) is 1. The van der Waals surface area contributed by atoms with Crippen molar-refractivity contribution in [3.05, 3.63) is 63.1 Å². The average Bonchev–Trinajstić information content (AvgIpc) is 3.00. The fourth-order valence-electron chi connectivity index (χ4n) is 3.19. The van der Waals surface area contributed by atoms with E-state index < -0.39 is 9.84 Å². The zero-order valence-electron chi connectivity index (χ0n) is 14.9. The number of carbonyl (C=O) groups excluding carboxylic acids is 1. The zero-order chi connectivity index (χ0) is 20.3. The molecule has 1 saturated heterocycles. The molecule has 1 amide bonds. The standard InChI is InChI=1S/C19H19Cl3N2O3S/c20-15-8-17(22)18(9-16(15)21)23-19(25)11-24(10-13-4-2-1-3-5-13)14-6-7-28(26,27)12-14/h1-5,8-9,14H,6-7,10-12H2,(H,23,25). The summed E-state index contributed by atoms with van der Waals surface area (Å²) in [5.74, 6) is -0.107. The number of nitrogens with one attached hydrogen (secondary N) is 1. The van der Waals surface area contributed by atoms with E-state index in [9.17, 15) is 13.2 Å². The lowest BCUT2D eigenvalue weighted by molar-refractivity contribution is -0.117. The van der Waals surface area contributed by atoms with E-state index >= 15 is 0 Å². The van der Waals surface area contributed by atoms with Gasteiger partial charge in [-0.05, 0) is 24.1 Å². The fraction of sp³-hybridized carbons (Fsp3) is 0.316. The number of hydrogen-bond acceptors (Lipinski definition) is 4. The molecule has 0 aliphatic carbocycles. The van der Waals surface area contributed by atoms with Crippen molar-refractivity contribution >= 4 is 56.2 Å². The van der Waals surface area contributed by atoms with Crippen LogP contribution in [0, 0.1) is 0 Å². The summed E-state index contributed by atoms with van der Waals surface area (Å²) in [6.45, 7) is 0.509. The highest BCUT2D eigenvalue weighted by molar-refractivity contribution is 7.91. The third-order valence-corrected chi connectivity index (χ3v) is 7.37. The highest BCUT2D eigenvalue weighted by Crippen LogP contribution is 2.32. The topological polar surface area (TPSA) is 66.5 Å². The van der Waals surface area contributed by atoms with Crippen molar-refractivity contribution in [3.63, 3.8) is 0 Å². The lowest BCUT2D eigenvalue weighted by atomic mass is 10.1. The van der Waals surface area contributed by atoms with E-state index in [1.54, 1.807) is 0 Å². The molecule has 150 valence electrons. The molecule has 1 fully saturated rings. The van der Waals surface area contributed by atoms with Gasteiger partial charge < -0.3 is 5.32 Å². The maximum absolute atomic E-state index is 12.6. The first kappa shape index (κ1) is 21.4. The molecule has 1 atom stereocenters. The first-order chi connectivity index (χ1) is 13.2. The van der Waals surface area contributed by atoms with Gasteiger partial charge in [0, 0.05) is 12.6 Å². The molecule has 1 aliphatic rings. The van der Waals surface area contributed by atoms with Crippen molar-refractivity contribution < 1.29 is 13.2 Å². The second kappa shape index (κ2) is 9.01. The summed E-state index contributed by atoms with van der Waals surface area (Å²) in [6.07, 6.45) is 0.510. The quantitative estimate of drug-likeness (QED) is 0.652. The summed E-state index contributed by atoms with van der Waals surface area (Å²) < 4.78 is 23.8. The van der Waals surface area contributed by atoms with Crippen LogP contribution in [0.15, 0.2) is 42.5 Å². The molecule has 3 rings (SSSR count). The molecular formula is C19H19Cl3N2O3S. The van der Waals surface area contributed by atoms with Crippen LogP contribution in [0.25, 0.3) is 0 Å². The number of rotatable bonds is 6. The number of nitrogens with zero attached hydrogens (tertiary/aromatic N) is 1. The van der Waals surface area contributed by atoms with Crippen molar-refractivity contribution in [2.45, 2.75) is 19.0 Å². The van der Waals surface area contributed by atoms with Crippen LogP contribution in [-0.2, 0) is 21.2 Å². The minimum absolute atomic E-state index is 0.0334. The van der Waals surface area contributed by atoms with Gasteiger partial charge >= 0.3 is 0 Å². The molecule has 0 bridgehead atoms. The van der Waals surface area contributed by atoms with Crippen LogP contribution >= 0.6 is 34.8 Å². The Balaban J connectivity index is 1.75. The molecule has 1 N–H and O–H groups in total. The van der Waals surface area contributed by atoms with Crippen LogP contribution in [0.3, 0.4) is 0 Å². The molecule has 0 saturated carbocycles. The Labute approximate surface area is 179 Å². The van der Waals surface area contributed by atoms with Crippen LogP contribution in [-0.4, -0.2) is 43.3 Å². The SMILES string of the molecule is O=C(CN(Cc1ccccc1)C1CCS(=O)(=O)C1)Nc1cc(Cl)c(Cl)cc1Cl. The van der Waals surface area contributed by atoms with E-state index in [2.05, 4.69) is 5.32 Å². The molecule has 28 heavy (non-hydrogen) atoms. The Bertz CT molecular complexity index is 968. The van der Waals surface area contributed by atoms with Crippen LogP contribution < -0.4 is 5.32 Å². The first-order valence-electron chi connectivity index (χ1n) is 8.66. The molecule has 1 heterocycles. The molecule has 0 radical (unpaired) electrons. The normalized spacial score (nSPS) is 18.4. The van der Waals surface area contributed by atoms with E-state index in [1.165, 1.54) is 12.1 Å².